The van der Waals surface area contributed by atoms with Gasteiger partial charge in [0.1, 0.15) is 0 Å². The lowest BCUT2D eigenvalue weighted by Gasteiger charge is -2.20. The van der Waals surface area contributed by atoms with Crippen LogP contribution in [0.2, 0.25) is 0 Å². The highest BCUT2D eigenvalue weighted by Crippen LogP contribution is 2.37. The van der Waals surface area contributed by atoms with Gasteiger partial charge in [-0.15, -0.1) is 0 Å². The summed E-state index contributed by atoms with van der Waals surface area (Å²) in [5.74, 6) is -2.12. The Morgan fingerprint density at radius 1 is 1.53 bits per heavy atom. The van der Waals surface area contributed by atoms with Crippen molar-refractivity contribution in [2.24, 2.45) is 22.7 Å². The molecule has 2 unspecified atom stereocenters. The van der Waals surface area contributed by atoms with Crippen LogP contribution in [0.25, 0.3) is 0 Å². The third-order valence-electron chi connectivity index (χ3n) is 2.83. The highest BCUT2D eigenvalue weighted by atomic mass is 19.4. The lowest BCUT2D eigenvalue weighted by Crippen LogP contribution is -2.34. The van der Waals surface area contributed by atoms with Gasteiger partial charge in [-0.3, -0.25) is 4.90 Å². The van der Waals surface area contributed by atoms with Crippen molar-refractivity contribution in [3.63, 3.8) is 0 Å². The van der Waals surface area contributed by atoms with Crippen molar-refractivity contribution < 1.29 is 23.1 Å². The molecule has 17 heavy (non-hydrogen) atoms. The molecule has 0 aliphatic carbocycles. The van der Waals surface area contributed by atoms with Crippen LogP contribution in [0.1, 0.15) is 0 Å². The van der Waals surface area contributed by atoms with Crippen LogP contribution in [0.4, 0.5) is 13.2 Å². The Labute approximate surface area is 97.0 Å². The predicted octanol–water partition coefficient (Wildman–Crippen LogP) is 0.490. The van der Waals surface area contributed by atoms with Crippen LogP contribution in [0.15, 0.2) is 5.16 Å². The number of halogens is 3. The molecular weight excluding hydrogens is 239 g/mol. The van der Waals surface area contributed by atoms with E-state index in [2.05, 4.69) is 5.16 Å². The monoisotopic (exact) mass is 255 g/mol. The van der Waals surface area contributed by atoms with E-state index < -0.39 is 18.0 Å². The Morgan fingerprint density at radius 3 is 2.65 bits per heavy atom. The summed E-state index contributed by atoms with van der Waals surface area (Å²) in [5, 5.41) is 11.1. The zero-order valence-corrected chi connectivity index (χ0v) is 9.44. The number of likely N-dealkylation sites (tertiary alicyclic amines) is 1. The summed E-state index contributed by atoms with van der Waals surface area (Å²) in [4.78, 5) is 1.51. The quantitative estimate of drug-likeness (QED) is 0.332. The van der Waals surface area contributed by atoms with E-state index in [9.17, 15) is 13.2 Å². The number of rotatable bonds is 4. The van der Waals surface area contributed by atoms with Crippen molar-refractivity contribution in [1.82, 2.24) is 4.90 Å². The van der Waals surface area contributed by atoms with Crippen LogP contribution in [0, 0.1) is 11.8 Å². The van der Waals surface area contributed by atoms with E-state index >= 15 is 0 Å². The van der Waals surface area contributed by atoms with Crippen molar-refractivity contribution in [3.05, 3.63) is 0 Å². The maximum Gasteiger partial charge on any atom is 0.393 e. The fourth-order valence-corrected chi connectivity index (χ4v) is 2.10. The van der Waals surface area contributed by atoms with Crippen LogP contribution >= 0.6 is 0 Å². The summed E-state index contributed by atoms with van der Waals surface area (Å²) >= 11 is 0. The second-order valence-electron chi connectivity index (χ2n) is 4.15. The van der Waals surface area contributed by atoms with E-state index in [1.54, 1.807) is 0 Å². The first kappa shape index (κ1) is 14.0. The number of nitrogens with two attached hydrogens (primary N) is 1. The molecule has 5 nitrogen and oxygen atoms in total. The molecule has 1 aliphatic rings. The van der Waals surface area contributed by atoms with E-state index in [1.807, 2.05) is 0 Å². The Bertz CT molecular complexity index is 283. The molecule has 0 radical (unpaired) electrons. The van der Waals surface area contributed by atoms with Gasteiger partial charge in [0.2, 0.25) is 0 Å². The van der Waals surface area contributed by atoms with Gasteiger partial charge in [-0.25, -0.2) is 0 Å². The summed E-state index contributed by atoms with van der Waals surface area (Å²) < 4.78 is 43.0. The highest BCUT2D eigenvalue weighted by Gasteiger charge is 2.49. The first-order valence-electron chi connectivity index (χ1n) is 5.13. The fourth-order valence-electron chi connectivity index (χ4n) is 2.10. The second-order valence-corrected chi connectivity index (χ2v) is 4.15. The third kappa shape index (κ3) is 3.74. The van der Waals surface area contributed by atoms with Crippen LogP contribution in [-0.4, -0.2) is 55.5 Å². The molecule has 0 aromatic rings. The summed E-state index contributed by atoms with van der Waals surface area (Å²) in [5.41, 5.74) is 5.27. The minimum atomic E-state index is -4.25. The van der Waals surface area contributed by atoms with Crippen molar-refractivity contribution in [3.8, 4) is 0 Å². The van der Waals surface area contributed by atoms with E-state index in [-0.39, 0.29) is 32.1 Å². The maximum atomic E-state index is 12.7. The standard InChI is InChI=1S/C9H16F3N3O2/c1-17-5-6-2-15(4-8(13)14-16)3-7(6)9(10,11)12/h6-7,16H,2-5H2,1H3,(H2,13,14). The van der Waals surface area contributed by atoms with Gasteiger partial charge in [-0.1, -0.05) is 5.16 Å². The van der Waals surface area contributed by atoms with Gasteiger partial charge in [0.15, 0.2) is 5.84 Å². The van der Waals surface area contributed by atoms with Crippen molar-refractivity contribution in [1.29, 1.82) is 0 Å². The van der Waals surface area contributed by atoms with E-state index in [0.717, 1.165) is 0 Å². The Morgan fingerprint density at radius 2 is 2.18 bits per heavy atom. The molecule has 1 rings (SSSR count). The molecular formula is C9H16F3N3O2. The molecule has 8 heteroatoms. The van der Waals surface area contributed by atoms with Crippen LogP contribution in [0.5, 0.6) is 0 Å². The molecule has 1 saturated heterocycles. The normalized spacial score (nSPS) is 27.6. The first-order chi connectivity index (χ1) is 7.88. The van der Waals surface area contributed by atoms with Gasteiger partial charge in [0.05, 0.1) is 19.1 Å². The van der Waals surface area contributed by atoms with Crippen LogP contribution in [-0.2, 0) is 4.74 Å². The second kappa shape index (κ2) is 5.54. The number of alkyl halides is 3. The molecule has 0 amide bonds. The molecule has 1 heterocycles. The molecule has 1 aliphatic heterocycles. The van der Waals surface area contributed by atoms with Crippen molar-refractivity contribution in [2.45, 2.75) is 6.18 Å². The SMILES string of the molecule is COCC1CN(C/C(N)=N/O)CC1C(F)(F)F. The predicted molar refractivity (Wildman–Crippen MR) is 54.8 cm³/mol. The molecule has 0 saturated carbocycles. The molecule has 3 N–H and O–H groups in total. The number of hydrogen-bond acceptors (Lipinski definition) is 4. The maximum absolute atomic E-state index is 12.7. The number of methoxy groups -OCH3 is 1. The fraction of sp³-hybridized carbons (Fsp3) is 0.889. The zero-order chi connectivity index (χ0) is 13.1. The molecule has 0 spiro atoms. The van der Waals surface area contributed by atoms with Crippen molar-refractivity contribution >= 4 is 5.84 Å². The average molecular weight is 255 g/mol. The number of hydrogen-bond donors (Lipinski definition) is 2. The van der Waals surface area contributed by atoms with Gasteiger partial charge in [-0.05, 0) is 0 Å². The Kier molecular flexibility index (Phi) is 4.58. The largest absolute Gasteiger partial charge is 0.409 e. The molecule has 1 fully saturated rings. The summed E-state index contributed by atoms with van der Waals surface area (Å²) in [6.45, 7) is 0.169. The number of amidine groups is 1. The number of oxime groups is 1. The topological polar surface area (TPSA) is 71.1 Å². The smallest absolute Gasteiger partial charge is 0.393 e. The minimum absolute atomic E-state index is 0.0310. The lowest BCUT2D eigenvalue weighted by molar-refractivity contribution is -0.183. The summed E-state index contributed by atoms with van der Waals surface area (Å²) in [6.07, 6.45) is -4.25. The van der Waals surface area contributed by atoms with Crippen molar-refractivity contribution in [2.75, 3.05) is 33.4 Å². The van der Waals surface area contributed by atoms with Crippen LogP contribution in [0.3, 0.4) is 0 Å². The number of nitrogens with zero attached hydrogens (tertiary/aromatic N) is 2. The highest BCUT2D eigenvalue weighted by molar-refractivity contribution is 5.81. The summed E-state index contributed by atoms with van der Waals surface area (Å²) in [6, 6.07) is 0. The van der Waals surface area contributed by atoms with E-state index in [1.165, 1.54) is 12.0 Å². The molecule has 0 aromatic carbocycles. The summed E-state index contributed by atoms with van der Waals surface area (Å²) in [7, 11) is 1.37. The molecule has 2 atom stereocenters. The van der Waals surface area contributed by atoms with Crippen LogP contribution < -0.4 is 5.73 Å². The van der Waals surface area contributed by atoms with E-state index in [0.29, 0.717) is 0 Å². The first-order valence-corrected chi connectivity index (χ1v) is 5.13. The minimum Gasteiger partial charge on any atom is -0.409 e. The van der Waals surface area contributed by atoms with Gasteiger partial charge in [0, 0.05) is 26.1 Å². The van der Waals surface area contributed by atoms with Gasteiger partial charge in [0.25, 0.3) is 0 Å². The number of ether oxygens (including phenoxy) is 1. The zero-order valence-electron chi connectivity index (χ0n) is 9.44. The third-order valence-corrected chi connectivity index (χ3v) is 2.83. The average Bonchev–Trinajstić information content (AvgIpc) is 2.61. The van der Waals surface area contributed by atoms with E-state index in [4.69, 9.17) is 15.7 Å². The molecule has 0 aromatic heterocycles. The molecule has 100 valence electrons. The Balaban J connectivity index is 2.65. The van der Waals surface area contributed by atoms with Gasteiger partial charge >= 0.3 is 6.18 Å². The lowest BCUT2D eigenvalue weighted by atomic mass is 9.96. The van der Waals surface area contributed by atoms with Gasteiger partial charge in [-0.2, -0.15) is 13.2 Å². The molecule has 0 bridgehead atoms. The Hall–Kier alpha value is -1.02. The van der Waals surface area contributed by atoms with Gasteiger partial charge < -0.3 is 15.7 Å².